The van der Waals surface area contributed by atoms with Crippen molar-refractivity contribution in [2.24, 2.45) is 0 Å². The lowest BCUT2D eigenvalue weighted by Crippen LogP contribution is -2.26. The van der Waals surface area contributed by atoms with Crippen LogP contribution in [0.15, 0.2) is 48.5 Å². The molecule has 2 aromatic rings. The van der Waals surface area contributed by atoms with Crippen LogP contribution in [0.25, 0.3) is 0 Å². The summed E-state index contributed by atoms with van der Waals surface area (Å²) in [5, 5.41) is 2.84. The maximum atomic E-state index is 12.3. The molecular weight excluding hydrogens is 314 g/mol. The quantitative estimate of drug-likeness (QED) is 0.759. The number of benzene rings is 2. The van der Waals surface area contributed by atoms with E-state index in [1.165, 1.54) is 12.1 Å². The monoisotopic (exact) mass is 334 g/mol. The van der Waals surface area contributed by atoms with E-state index in [2.05, 4.69) is 10.1 Å². The summed E-state index contributed by atoms with van der Waals surface area (Å²) in [7, 11) is 0. The molecule has 3 N–H and O–H groups in total. The van der Waals surface area contributed by atoms with Gasteiger partial charge in [-0.05, 0) is 42.7 Å². The fourth-order valence-corrected chi connectivity index (χ4v) is 2.37. The highest BCUT2D eigenvalue weighted by molar-refractivity contribution is 5.77. The third-order valence-electron chi connectivity index (χ3n) is 3.64. The second-order valence-electron chi connectivity index (χ2n) is 5.44. The number of hydrogen-bond acceptors (Lipinski definition) is 3. The van der Waals surface area contributed by atoms with E-state index >= 15 is 0 Å². The Balaban J connectivity index is 1.90. The zero-order valence-electron chi connectivity index (χ0n) is 13.3. The first-order valence-corrected chi connectivity index (χ1v) is 7.63. The van der Waals surface area contributed by atoms with Gasteiger partial charge in [0.15, 0.2) is 0 Å². The summed E-state index contributed by atoms with van der Waals surface area (Å²) in [4.78, 5) is 12.1. The molecule has 0 radical (unpaired) electrons. The van der Waals surface area contributed by atoms with Crippen LogP contribution in [0.1, 0.15) is 30.5 Å². The van der Waals surface area contributed by atoms with E-state index in [9.17, 15) is 13.6 Å². The van der Waals surface area contributed by atoms with Gasteiger partial charge in [-0.15, -0.1) is 0 Å². The lowest BCUT2D eigenvalue weighted by Gasteiger charge is -2.16. The number of hydrogen-bond donors (Lipinski definition) is 2. The lowest BCUT2D eigenvalue weighted by atomic mass is 10.1. The van der Waals surface area contributed by atoms with E-state index in [0.717, 1.165) is 5.56 Å². The van der Waals surface area contributed by atoms with Gasteiger partial charge in [0, 0.05) is 12.1 Å². The van der Waals surface area contributed by atoms with Gasteiger partial charge in [0.05, 0.1) is 6.04 Å². The van der Waals surface area contributed by atoms with Crippen molar-refractivity contribution in [2.45, 2.75) is 32.4 Å². The van der Waals surface area contributed by atoms with E-state index in [4.69, 9.17) is 5.73 Å². The van der Waals surface area contributed by atoms with Gasteiger partial charge in [0.2, 0.25) is 5.91 Å². The van der Waals surface area contributed by atoms with E-state index in [-0.39, 0.29) is 17.7 Å². The Morgan fingerprint density at radius 2 is 1.96 bits per heavy atom. The molecule has 1 unspecified atom stereocenters. The van der Waals surface area contributed by atoms with Crippen LogP contribution in [0.3, 0.4) is 0 Å². The van der Waals surface area contributed by atoms with Crippen LogP contribution < -0.4 is 15.8 Å². The molecule has 1 atom stereocenters. The molecule has 1 amide bonds. The molecule has 128 valence electrons. The smallest absolute Gasteiger partial charge is 0.387 e. The third-order valence-corrected chi connectivity index (χ3v) is 3.64. The molecule has 2 aromatic carbocycles. The minimum Gasteiger partial charge on any atom is -0.435 e. The molecule has 0 spiro atoms. The zero-order chi connectivity index (χ0) is 17.5. The number of rotatable bonds is 7. The van der Waals surface area contributed by atoms with Gasteiger partial charge in [-0.3, -0.25) is 4.79 Å². The van der Waals surface area contributed by atoms with Crippen molar-refractivity contribution in [1.29, 1.82) is 0 Å². The molecule has 0 bridgehead atoms. The standard InChI is InChI=1S/C18H20F2N2O2/c1-12(14-6-4-7-15(11-14)24-18(19)20)22-17(23)10-9-13-5-2-3-8-16(13)21/h2-8,11-12,18H,9-10,21H2,1H3,(H,22,23). The summed E-state index contributed by atoms with van der Waals surface area (Å²) in [6, 6.07) is 13.4. The van der Waals surface area contributed by atoms with Gasteiger partial charge >= 0.3 is 6.61 Å². The number of alkyl halides is 2. The normalized spacial score (nSPS) is 12.0. The highest BCUT2D eigenvalue weighted by Crippen LogP contribution is 2.21. The second-order valence-corrected chi connectivity index (χ2v) is 5.44. The molecule has 4 nitrogen and oxygen atoms in total. The Hall–Kier alpha value is -2.63. The van der Waals surface area contributed by atoms with Crippen LogP contribution in [-0.2, 0) is 11.2 Å². The number of nitrogens with two attached hydrogens (primary N) is 1. The fourth-order valence-electron chi connectivity index (χ4n) is 2.37. The molecule has 0 aromatic heterocycles. The molecular formula is C18H20F2N2O2. The number of amides is 1. The number of para-hydroxylation sites is 1. The van der Waals surface area contributed by atoms with Gasteiger partial charge < -0.3 is 15.8 Å². The first-order chi connectivity index (χ1) is 11.5. The molecule has 2 rings (SSSR count). The van der Waals surface area contributed by atoms with Crippen LogP contribution in [0, 0.1) is 0 Å². The summed E-state index contributed by atoms with van der Waals surface area (Å²) in [6.07, 6.45) is 0.839. The number of carbonyl (C=O) groups is 1. The van der Waals surface area contributed by atoms with Crippen molar-refractivity contribution < 1.29 is 18.3 Å². The Morgan fingerprint density at radius 1 is 1.21 bits per heavy atom. The average Bonchev–Trinajstić information content (AvgIpc) is 2.53. The summed E-state index contributed by atoms with van der Waals surface area (Å²) >= 11 is 0. The molecule has 24 heavy (non-hydrogen) atoms. The van der Waals surface area contributed by atoms with Gasteiger partial charge in [0.1, 0.15) is 5.75 Å². The van der Waals surface area contributed by atoms with E-state index in [1.807, 2.05) is 18.2 Å². The molecule has 0 heterocycles. The first-order valence-electron chi connectivity index (χ1n) is 7.63. The predicted molar refractivity (Wildman–Crippen MR) is 88.8 cm³/mol. The second kappa shape index (κ2) is 8.29. The summed E-state index contributed by atoms with van der Waals surface area (Å²) in [5.41, 5.74) is 8.13. The highest BCUT2D eigenvalue weighted by atomic mass is 19.3. The van der Waals surface area contributed by atoms with Crippen LogP contribution >= 0.6 is 0 Å². The number of nitrogen functional groups attached to an aromatic ring is 1. The summed E-state index contributed by atoms with van der Waals surface area (Å²) in [5.74, 6) is -0.0633. The van der Waals surface area contributed by atoms with Crippen molar-refractivity contribution in [3.63, 3.8) is 0 Å². The van der Waals surface area contributed by atoms with Crippen molar-refractivity contribution in [3.05, 3.63) is 59.7 Å². The Labute approximate surface area is 139 Å². The van der Waals surface area contributed by atoms with Crippen LogP contribution in [0.4, 0.5) is 14.5 Å². The first kappa shape index (κ1) is 17.7. The number of halogens is 2. The Morgan fingerprint density at radius 3 is 2.67 bits per heavy atom. The van der Waals surface area contributed by atoms with E-state index < -0.39 is 6.61 Å². The van der Waals surface area contributed by atoms with Gasteiger partial charge in [0.25, 0.3) is 0 Å². The van der Waals surface area contributed by atoms with Crippen molar-refractivity contribution in [2.75, 3.05) is 5.73 Å². The Bertz CT molecular complexity index is 692. The van der Waals surface area contributed by atoms with Crippen molar-refractivity contribution in [3.8, 4) is 5.75 Å². The molecule has 0 aliphatic heterocycles. The Kier molecular flexibility index (Phi) is 6.12. The van der Waals surface area contributed by atoms with Gasteiger partial charge in [-0.25, -0.2) is 0 Å². The predicted octanol–water partition coefficient (Wildman–Crippen LogP) is 3.68. The van der Waals surface area contributed by atoms with E-state index in [0.29, 0.717) is 24.1 Å². The molecule has 0 aliphatic rings. The molecule has 0 fully saturated rings. The fraction of sp³-hybridized carbons (Fsp3) is 0.278. The number of aryl methyl sites for hydroxylation is 1. The van der Waals surface area contributed by atoms with Crippen LogP contribution in [0.2, 0.25) is 0 Å². The zero-order valence-corrected chi connectivity index (χ0v) is 13.3. The summed E-state index contributed by atoms with van der Waals surface area (Å²) in [6.45, 7) is -1.09. The van der Waals surface area contributed by atoms with E-state index in [1.54, 1.807) is 25.1 Å². The molecule has 0 saturated heterocycles. The number of anilines is 1. The maximum absolute atomic E-state index is 12.3. The van der Waals surface area contributed by atoms with Gasteiger partial charge in [-0.1, -0.05) is 30.3 Å². The van der Waals surface area contributed by atoms with Crippen molar-refractivity contribution >= 4 is 11.6 Å². The maximum Gasteiger partial charge on any atom is 0.387 e. The molecule has 0 saturated carbocycles. The largest absolute Gasteiger partial charge is 0.435 e. The van der Waals surface area contributed by atoms with Gasteiger partial charge in [-0.2, -0.15) is 8.78 Å². The average molecular weight is 334 g/mol. The number of ether oxygens (including phenoxy) is 1. The number of nitrogens with one attached hydrogen (secondary N) is 1. The SMILES string of the molecule is CC(NC(=O)CCc1ccccc1N)c1cccc(OC(F)F)c1. The van der Waals surface area contributed by atoms with Crippen molar-refractivity contribution in [1.82, 2.24) is 5.32 Å². The minimum absolute atomic E-state index is 0.0701. The topological polar surface area (TPSA) is 64.4 Å². The minimum atomic E-state index is -2.87. The lowest BCUT2D eigenvalue weighted by molar-refractivity contribution is -0.121. The third kappa shape index (κ3) is 5.22. The highest BCUT2D eigenvalue weighted by Gasteiger charge is 2.12. The summed E-state index contributed by atoms with van der Waals surface area (Å²) < 4.78 is 28.9. The van der Waals surface area contributed by atoms with Crippen LogP contribution in [0.5, 0.6) is 5.75 Å². The number of carbonyl (C=O) groups excluding carboxylic acids is 1. The van der Waals surface area contributed by atoms with Crippen LogP contribution in [-0.4, -0.2) is 12.5 Å². The molecule has 6 heteroatoms. The molecule has 0 aliphatic carbocycles.